The summed E-state index contributed by atoms with van der Waals surface area (Å²) in [6, 6.07) is 11.0. The standard InChI is InChI=1S/C24H29FN2O/c1-16(2)20-13-14-22(25)23(21(20)15-26-3)17-9-11-18(12-10-17)24(28)27(4)19-7-5-6-8-19/h9-16,19H,5-8H2,1-4H3/b26-15-. The van der Waals surface area contributed by atoms with E-state index in [4.69, 9.17) is 0 Å². The summed E-state index contributed by atoms with van der Waals surface area (Å²) in [6.45, 7) is 4.18. The second kappa shape index (κ2) is 8.68. The van der Waals surface area contributed by atoms with Gasteiger partial charge in [0.25, 0.3) is 5.91 Å². The van der Waals surface area contributed by atoms with Crippen LogP contribution in [0, 0.1) is 5.82 Å². The highest BCUT2D eigenvalue weighted by Gasteiger charge is 2.24. The maximum Gasteiger partial charge on any atom is 0.253 e. The molecule has 1 saturated carbocycles. The van der Waals surface area contributed by atoms with Gasteiger partial charge in [0.05, 0.1) is 0 Å². The Kier molecular flexibility index (Phi) is 6.28. The summed E-state index contributed by atoms with van der Waals surface area (Å²) in [7, 11) is 3.58. The van der Waals surface area contributed by atoms with E-state index in [0.29, 0.717) is 17.2 Å². The molecule has 1 aliphatic carbocycles. The number of carbonyl (C=O) groups is 1. The first-order valence-electron chi connectivity index (χ1n) is 10.1. The quantitative estimate of drug-likeness (QED) is 0.614. The summed E-state index contributed by atoms with van der Waals surface area (Å²) >= 11 is 0. The lowest BCUT2D eigenvalue weighted by molar-refractivity contribution is 0.0735. The molecule has 2 aromatic carbocycles. The molecule has 0 unspecified atom stereocenters. The summed E-state index contributed by atoms with van der Waals surface area (Å²) in [4.78, 5) is 18.8. The van der Waals surface area contributed by atoms with Crippen molar-refractivity contribution < 1.29 is 9.18 Å². The molecule has 1 amide bonds. The van der Waals surface area contributed by atoms with Crippen LogP contribution in [0.2, 0.25) is 0 Å². The highest BCUT2D eigenvalue weighted by Crippen LogP contribution is 2.32. The van der Waals surface area contributed by atoms with Crippen molar-refractivity contribution in [3.63, 3.8) is 0 Å². The summed E-state index contributed by atoms with van der Waals surface area (Å²) in [5.74, 6) is 0.0138. The van der Waals surface area contributed by atoms with E-state index >= 15 is 0 Å². The topological polar surface area (TPSA) is 32.7 Å². The first-order valence-corrected chi connectivity index (χ1v) is 10.1. The zero-order valence-corrected chi connectivity index (χ0v) is 17.2. The predicted molar refractivity (Wildman–Crippen MR) is 114 cm³/mol. The third kappa shape index (κ3) is 4.01. The number of carbonyl (C=O) groups excluding carboxylic acids is 1. The number of benzene rings is 2. The van der Waals surface area contributed by atoms with Crippen LogP contribution < -0.4 is 0 Å². The first kappa shape index (κ1) is 20.2. The summed E-state index contributed by atoms with van der Waals surface area (Å²) in [5.41, 5.74) is 3.81. The van der Waals surface area contributed by atoms with E-state index in [1.54, 1.807) is 25.4 Å². The van der Waals surface area contributed by atoms with E-state index in [-0.39, 0.29) is 17.6 Å². The minimum atomic E-state index is -0.276. The van der Waals surface area contributed by atoms with Gasteiger partial charge in [0.1, 0.15) is 5.82 Å². The molecule has 0 aromatic heterocycles. The monoisotopic (exact) mass is 380 g/mol. The Morgan fingerprint density at radius 1 is 1.14 bits per heavy atom. The van der Waals surface area contributed by atoms with Gasteiger partial charge in [-0.05, 0) is 48.1 Å². The molecule has 0 heterocycles. The van der Waals surface area contributed by atoms with E-state index in [0.717, 1.165) is 29.5 Å². The Morgan fingerprint density at radius 2 is 1.79 bits per heavy atom. The first-order chi connectivity index (χ1) is 13.4. The Bertz CT molecular complexity index is 865. The van der Waals surface area contributed by atoms with Crippen molar-refractivity contribution in [1.29, 1.82) is 0 Å². The van der Waals surface area contributed by atoms with E-state index in [2.05, 4.69) is 18.8 Å². The van der Waals surface area contributed by atoms with Gasteiger partial charge in [-0.2, -0.15) is 0 Å². The molecule has 0 atom stereocenters. The van der Waals surface area contributed by atoms with Gasteiger partial charge in [-0.15, -0.1) is 0 Å². The van der Waals surface area contributed by atoms with E-state index in [1.165, 1.54) is 18.9 Å². The lowest BCUT2D eigenvalue weighted by atomic mass is 9.90. The fourth-order valence-corrected chi connectivity index (χ4v) is 4.11. The normalized spacial score (nSPS) is 14.9. The Labute approximate surface area is 167 Å². The van der Waals surface area contributed by atoms with Crippen LogP contribution in [-0.4, -0.2) is 37.2 Å². The lowest BCUT2D eigenvalue weighted by Gasteiger charge is -2.24. The number of hydrogen-bond donors (Lipinski definition) is 0. The lowest BCUT2D eigenvalue weighted by Crippen LogP contribution is -2.35. The number of rotatable bonds is 5. The molecule has 0 radical (unpaired) electrons. The van der Waals surface area contributed by atoms with Gasteiger partial charge in [0.15, 0.2) is 0 Å². The molecule has 1 fully saturated rings. The number of nitrogens with zero attached hydrogens (tertiary/aromatic N) is 2. The minimum absolute atomic E-state index is 0.0326. The largest absolute Gasteiger partial charge is 0.339 e. The fourth-order valence-electron chi connectivity index (χ4n) is 4.11. The van der Waals surface area contributed by atoms with Gasteiger partial charge in [-0.25, -0.2) is 4.39 Å². The highest BCUT2D eigenvalue weighted by atomic mass is 19.1. The zero-order valence-electron chi connectivity index (χ0n) is 17.2. The maximum absolute atomic E-state index is 14.8. The third-order valence-electron chi connectivity index (χ3n) is 5.72. The van der Waals surface area contributed by atoms with Gasteiger partial charge in [0.2, 0.25) is 0 Å². The smallest absolute Gasteiger partial charge is 0.253 e. The molecule has 2 aromatic rings. The van der Waals surface area contributed by atoms with Crippen LogP contribution >= 0.6 is 0 Å². The van der Waals surface area contributed by atoms with Crippen molar-refractivity contribution in [3.05, 3.63) is 58.9 Å². The fraction of sp³-hybridized carbons (Fsp3) is 0.417. The third-order valence-corrected chi connectivity index (χ3v) is 5.72. The average Bonchev–Trinajstić information content (AvgIpc) is 3.22. The van der Waals surface area contributed by atoms with E-state index < -0.39 is 0 Å². The SMILES string of the molecule is C/N=C\c1c(C(C)C)ccc(F)c1-c1ccc(C(=O)N(C)C2CCCC2)cc1. The van der Waals surface area contributed by atoms with Crippen LogP contribution in [0.15, 0.2) is 41.4 Å². The van der Waals surface area contributed by atoms with Gasteiger partial charge < -0.3 is 4.90 Å². The summed E-state index contributed by atoms with van der Waals surface area (Å²) in [5, 5.41) is 0. The predicted octanol–water partition coefficient (Wildman–Crippen LogP) is 5.68. The van der Waals surface area contributed by atoms with Gasteiger partial charge in [0, 0.05) is 43.0 Å². The van der Waals surface area contributed by atoms with Crippen molar-refractivity contribution in [1.82, 2.24) is 4.90 Å². The number of hydrogen-bond acceptors (Lipinski definition) is 2. The maximum atomic E-state index is 14.8. The zero-order chi connectivity index (χ0) is 20.3. The van der Waals surface area contributed by atoms with Crippen LogP contribution in [0.4, 0.5) is 4.39 Å². The summed E-state index contributed by atoms with van der Waals surface area (Å²) < 4.78 is 14.8. The van der Waals surface area contributed by atoms with Crippen LogP contribution in [0.3, 0.4) is 0 Å². The minimum Gasteiger partial charge on any atom is -0.339 e. The Balaban J connectivity index is 1.95. The van der Waals surface area contributed by atoms with Crippen molar-refractivity contribution in [2.45, 2.75) is 51.5 Å². The molecular weight excluding hydrogens is 351 g/mol. The van der Waals surface area contributed by atoms with Crippen LogP contribution in [0.1, 0.15) is 66.9 Å². The molecule has 3 rings (SSSR count). The molecule has 28 heavy (non-hydrogen) atoms. The molecule has 0 N–H and O–H groups in total. The van der Waals surface area contributed by atoms with Crippen molar-refractivity contribution in [2.24, 2.45) is 4.99 Å². The highest BCUT2D eigenvalue weighted by molar-refractivity contribution is 5.96. The van der Waals surface area contributed by atoms with Crippen LogP contribution in [0.25, 0.3) is 11.1 Å². The molecular formula is C24H29FN2O. The van der Waals surface area contributed by atoms with Gasteiger partial charge in [-0.1, -0.05) is 44.9 Å². The van der Waals surface area contributed by atoms with Crippen LogP contribution in [-0.2, 0) is 0 Å². The van der Waals surface area contributed by atoms with E-state index in [9.17, 15) is 9.18 Å². The Morgan fingerprint density at radius 3 is 2.36 bits per heavy atom. The molecule has 1 aliphatic rings. The van der Waals surface area contributed by atoms with Crippen molar-refractivity contribution in [3.8, 4) is 11.1 Å². The van der Waals surface area contributed by atoms with Gasteiger partial charge >= 0.3 is 0 Å². The molecule has 4 heteroatoms. The molecule has 0 saturated heterocycles. The molecule has 0 bridgehead atoms. The average molecular weight is 381 g/mol. The summed E-state index contributed by atoms with van der Waals surface area (Å²) in [6.07, 6.45) is 6.25. The van der Waals surface area contributed by atoms with Gasteiger partial charge in [-0.3, -0.25) is 9.79 Å². The second-order valence-corrected chi connectivity index (χ2v) is 7.90. The second-order valence-electron chi connectivity index (χ2n) is 7.90. The molecule has 148 valence electrons. The number of halogens is 1. The number of aliphatic imine (C=N–C) groups is 1. The van der Waals surface area contributed by atoms with Crippen molar-refractivity contribution in [2.75, 3.05) is 14.1 Å². The Hall–Kier alpha value is -2.49. The number of amides is 1. The molecule has 0 spiro atoms. The molecule has 0 aliphatic heterocycles. The molecule has 3 nitrogen and oxygen atoms in total. The van der Waals surface area contributed by atoms with Crippen molar-refractivity contribution >= 4 is 12.1 Å². The van der Waals surface area contributed by atoms with Crippen LogP contribution in [0.5, 0.6) is 0 Å². The van der Waals surface area contributed by atoms with E-state index in [1.807, 2.05) is 30.1 Å².